The lowest BCUT2D eigenvalue weighted by Crippen LogP contribution is -2.31. The summed E-state index contributed by atoms with van der Waals surface area (Å²) in [6.45, 7) is 6.22. The van der Waals surface area contributed by atoms with Crippen molar-refractivity contribution < 1.29 is 14.3 Å². The van der Waals surface area contributed by atoms with Crippen LogP contribution in [0.4, 0.5) is 11.4 Å². The van der Waals surface area contributed by atoms with Crippen molar-refractivity contribution in [3.63, 3.8) is 0 Å². The van der Waals surface area contributed by atoms with Crippen LogP contribution in [0.15, 0.2) is 83.4 Å². The SMILES string of the molecule is COc1ccccc1NC(=O)/C(C#N)=C1\SC(Cc2ccc(C)cc2)C(=O)N1c1ccc(C(C)C)cc1. The van der Waals surface area contributed by atoms with Gasteiger partial charge in [0.05, 0.1) is 18.0 Å². The molecule has 0 bridgehead atoms. The number of nitrogens with zero attached hydrogens (tertiary/aromatic N) is 2. The lowest BCUT2D eigenvalue weighted by atomic mass is 10.0. The number of ether oxygens (including phenoxy) is 1. The number of methoxy groups -OCH3 is 1. The van der Waals surface area contributed by atoms with Crippen LogP contribution in [0, 0.1) is 18.3 Å². The molecule has 37 heavy (non-hydrogen) atoms. The first-order chi connectivity index (χ1) is 17.8. The number of thioether (sulfide) groups is 1. The lowest BCUT2D eigenvalue weighted by molar-refractivity contribution is -0.117. The third-order valence-electron chi connectivity index (χ3n) is 6.22. The summed E-state index contributed by atoms with van der Waals surface area (Å²) in [5, 5.41) is 12.7. The summed E-state index contributed by atoms with van der Waals surface area (Å²) in [5.41, 5.74) is 4.25. The van der Waals surface area contributed by atoms with Crippen LogP contribution in [0.2, 0.25) is 0 Å². The molecule has 1 unspecified atom stereocenters. The van der Waals surface area contributed by atoms with Crippen molar-refractivity contribution in [3.05, 3.63) is 100 Å². The van der Waals surface area contributed by atoms with Crippen LogP contribution in [0.25, 0.3) is 0 Å². The average Bonchev–Trinajstić information content (AvgIpc) is 3.21. The maximum absolute atomic E-state index is 13.7. The highest BCUT2D eigenvalue weighted by Gasteiger charge is 2.41. The van der Waals surface area contributed by atoms with Gasteiger partial charge in [0.1, 0.15) is 22.4 Å². The molecule has 0 radical (unpaired) electrons. The van der Waals surface area contributed by atoms with Gasteiger partial charge in [0, 0.05) is 5.69 Å². The zero-order chi connectivity index (χ0) is 26.5. The molecule has 1 saturated heterocycles. The molecule has 0 aromatic heterocycles. The van der Waals surface area contributed by atoms with Crippen molar-refractivity contribution in [1.29, 1.82) is 5.26 Å². The van der Waals surface area contributed by atoms with E-state index < -0.39 is 11.2 Å². The van der Waals surface area contributed by atoms with Crippen molar-refractivity contribution in [2.24, 2.45) is 0 Å². The quantitative estimate of drug-likeness (QED) is 0.302. The Morgan fingerprint density at radius 2 is 1.76 bits per heavy atom. The summed E-state index contributed by atoms with van der Waals surface area (Å²) in [6, 6.07) is 24.8. The van der Waals surface area contributed by atoms with Gasteiger partial charge in [-0.05, 0) is 54.7 Å². The Bertz CT molecular complexity index is 1370. The van der Waals surface area contributed by atoms with E-state index in [1.165, 1.54) is 23.8 Å². The first-order valence-corrected chi connectivity index (χ1v) is 12.9. The Labute approximate surface area is 221 Å². The highest BCUT2D eigenvalue weighted by Crippen LogP contribution is 2.42. The monoisotopic (exact) mass is 511 g/mol. The highest BCUT2D eigenvalue weighted by atomic mass is 32.2. The molecule has 2 amide bonds. The van der Waals surface area contributed by atoms with Gasteiger partial charge in [-0.25, -0.2) is 0 Å². The highest BCUT2D eigenvalue weighted by molar-refractivity contribution is 8.05. The number of hydrogen-bond acceptors (Lipinski definition) is 5. The molecule has 1 atom stereocenters. The van der Waals surface area contributed by atoms with E-state index in [-0.39, 0.29) is 11.5 Å². The molecule has 0 saturated carbocycles. The molecule has 1 aliphatic rings. The third kappa shape index (κ3) is 5.71. The number of nitrogens with one attached hydrogen (secondary N) is 1. The number of para-hydroxylation sites is 2. The van der Waals surface area contributed by atoms with Crippen molar-refractivity contribution in [3.8, 4) is 11.8 Å². The number of nitriles is 1. The van der Waals surface area contributed by atoms with E-state index in [1.807, 2.05) is 55.5 Å². The maximum Gasteiger partial charge on any atom is 0.269 e. The van der Waals surface area contributed by atoms with E-state index in [0.717, 1.165) is 16.7 Å². The fourth-order valence-corrected chi connectivity index (χ4v) is 5.41. The van der Waals surface area contributed by atoms with Crippen LogP contribution in [-0.4, -0.2) is 24.2 Å². The molecule has 0 aliphatic carbocycles. The van der Waals surface area contributed by atoms with E-state index in [4.69, 9.17) is 4.74 Å². The van der Waals surface area contributed by atoms with Gasteiger partial charge in [-0.2, -0.15) is 5.26 Å². The van der Waals surface area contributed by atoms with Crippen molar-refractivity contribution in [2.45, 2.75) is 38.4 Å². The Morgan fingerprint density at radius 3 is 2.38 bits per heavy atom. The van der Waals surface area contributed by atoms with Gasteiger partial charge in [0.25, 0.3) is 5.91 Å². The second-order valence-electron chi connectivity index (χ2n) is 9.16. The maximum atomic E-state index is 13.7. The number of benzene rings is 3. The molecule has 1 heterocycles. The zero-order valence-corrected chi connectivity index (χ0v) is 22.1. The molecule has 6 nitrogen and oxygen atoms in total. The molecule has 3 aromatic rings. The smallest absolute Gasteiger partial charge is 0.269 e. The van der Waals surface area contributed by atoms with E-state index in [1.54, 1.807) is 24.3 Å². The number of carbonyl (C=O) groups excluding carboxylic acids is 2. The fraction of sp³-hybridized carbons (Fsp3) is 0.233. The molecule has 1 fully saturated rings. The van der Waals surface area contributed by atoms with Crippen molar-refractivity contribution >= 4 is 35.0 Å². The van der Waals surface area contributed by atoms with E-state index in [2.05, 4.69) is 25.2 Å². The van der Waals surface area contributed by atoms with Gasteiger partial charge >= 0.3 is 0 Å². The summed E-state index contributed by atoms with van der Waals surface area (Å²) in [7, 11) is 1.51. The molecule has 4 rings (SSSR count). The van der Waals surface area contributed by atoms with Gasteiger partial charge in [0.2, 0.25) is 5.91 Å². The predicted molar refractivity (Wildman–Crippen MR) is 149 cm³/mol. The fourth-order valence-electron chi connectivity index (χ4n) is 4.10. The summed E-state index contributed by atoms with van der Waals surface area (Å²) < 4.78 is 5.33. The van der Waals surface area contributed by atoms with Gasteiger partial charge in [-0.3, -0.25) is 14.5 Å². The Balaban J connectivity index is 1.74. The van der Waals surface area contributed by atoms with E-state index >= 15 is 0 Å². The number of rotatable bonds is 7. The Morgan fingerprint density at radius 1 is 1.08 bits per heavy atom. The molecule has 1 aliphatic heterocycles. The summed E-state index contributed by atoms with van der Waals surface area (Å²) in [5.74, 6) is 0.0628. The second-order valence-corrected chi connectivity index (χ2v) is 10.4. The minimum atomic E-state index is -0.595. The van der Waals surface area contributed by atoms with Gasteiger partial charge in [-0.1, -0.05) is 79.7 Å². The average molecular weight is 512 g/mol. The van der Waals surface area contributed by atoms with Crippen molar-refractivity contribution in [2.75, 3.05) is 17.3 Å². The number of anilines is 2. The first kappa shape index (κ1) is 26.1. The summed E-state index contributed by atoms with van der Waals surface area (Å²) >= 11 is 1.25. The normalized spacial score (nSPS) is 16.5. The second kappa shape index (κ2) is 11.4. The van der Waals surface area contributed by atoms with Crippen molar-refractivity contribution in [1.82, 2.24) is 0 Å². The van der Waals surface area contributed by atoms with E-state index in [9.17, 15) is 14.9 Å². The van der Waals surface area contributed by atoms with Crippen LogP contribution in [0.1, 0.15) is 36.5 Å². The van der Waals surface area contributed by atoms with Crippen LogP contribution >= 0.6 is 11.8 Å². The van der Waals surface area contributed by atoms with Gasteiger partial charge in [-0.15, -0.1) is 0 Å². The summed E-state index contributed by atoms with van der Waals surface area (Å²) in [6.07, 6.45) is 0.487. The molecule has 1 N–H and O–H groups in total. The van der Waals surface area contributed by atoms with Gasteiger partial charge < -0.3 is 10.1 Å². The van der Waals surface area contributed by atoms with Crippen LogP contribution < -0.4 is 15.0 Å². The molecular formula is C30H29N3O3S. The molecule has 7 heteroatoms. The number of aryl methyl sites for hydroxylation is 1. The molecule has 3 aromatic carbocycles. The van der Waals surface area contributed by atoms with E-state index in [0.29, 0.717) is 34.5 Å². The molecular weight excluding hydrogens is 482 g/mol. The third-order valence-corrected chi connectivity index (χ3v) is 7.48. The zero-order valence-electron chi connectivity index (χ0n) is 21.3. The minimum Gasteiger partial charge on any atom is -0.495 e. The summed E-state index contributed by atoms with van der Waals surface area (Å²) in [4.78, 5) is 28.6. The minimum absolute atomic E-state index is 0.122. The van der Waals surface area contributed by atoms with Crippen LogP contribution in [-0.2, 0) is 16.0 Å². The standard InChI is InChI=1S/C30H29N3O3S/c1-19(2)22-13-15-23(16-14-22)33-29(35)27(17-21-11-9-20(3)10-12-21)37-30(33)24(18-31)28(34)32-25-7-5-6-8-26(25)36-4/h5-16,19,27H,17H2,1-4H3,(H,32,34)/b30-24-. The largest absolute Gasteiger partial charge is 0.495 e. The predicted octanol–water partition coefficient (Wildman–Crippen LogP) is 6.19. The van der Waals surface area contributed by atoms with Crippen LogP contribution in [0.3, 0.4) is 0 Å². The Kier molecular flexibility index (Phi) is 8.00. The topological polar surface area (TPSA) is 82.4 Å². The first-order valence-electron chi connectivity index (χ1n) is 12.1. The molecule has 0 spiro atoms. The number of hydrogen-bond donors (Lipinski definition) is 1. The lowest BCUT2D eigenvalue weighted by Gasteiger charge is -2.20. The number of amides is 2. The van der Waals surface area contributed by atoms with Gasteiger partial charge in [0.15, 0.2) is 0 Å². The number of carbonyl (C=O) groups is 2. The van der Waals surface area contributed by atoms with Crippen LogP contribution in [0.5, 0.6) is 5.75 Å². The molecule has 188 valence electrons. The Hall–Kier alpha value is -4.02.